The maximum atomic E-state index is 14.0. The summed E-state index contributed by atoms with van der Waals surface area (Å²) in [7, 11) is 0. The van der Waals surface area contributed by atoms with Gasteiger partial charge < -0.3 is 5.32 Å². The van der Waals surface area contributed by atoms with Gasteiger partial charge in [-0.05, 0) is 42.8 Å². The van der Waals surface area contributed by atoms with Gasteiger partial charge >= 0.3 is 0 Å². The quantitative estimate of drug-likeness (QED) is 0.798. The first kappa shape index (κ1) is 16.2. The van der Waals surface area contributed by atoms with Crippen LogP contribution in [0.1, 0.15) is 24.1 Å². The zero-order chi connectivity index (χ0) is 15.4. The summed E-state index contributed by atoms with van der Waals surface area (Å²) in [5.74, 6) is -1.13. The number of nitrogens with one attached hydrogen (secondary N) is 1. The van der Waals surface area contributed by atoms with E-state index in [9.17, 15) is 8.78 Å². The monoisotopic (exact) mass is 329 g/mol. The molecule has 0 radical (unpaired) electrons. The Balaban J connectivity index is 2.35. The number of hydrogen-bond acceptors (Lipinski definition) is 1. The summed E-state index contributed by atoms with van der Waals surface area (Å²) in [5.41, 5.74) is 0.819. The van der Waals surface area contributed by atoms with Crippen LogP contribution in [0.25, 0.3) is 0 Å². The summed E-state index contributed by atoms with van der Waals surface area (Å²) < 4.78 is 27.9. The Hall–Kier alpha value is -1.16. The van der Waals surface area contributed by atoms with Crippen LogP contribution in [0.2, 0.25) is 10.0 Å². The lowest BCUT2D eigenvalue weighted by Crippen LogP contribution is -2.25. The first-order valence-corrected chi connectivity index (χ1v) is 7.39. The van der Waals surface area contributed by atoms with E-state index in [4.69, 9.17) is 23.2 Å². The third-order valence-electron chi connectivity index (χ3n) is 3.24. The largest absolute Gasteiger partial charge is 0.310 e. The normalized spacial score (nSPS) is 12.4. The first-order chi connectivity index (χ1) is 10.0. The number of hydrogen-bond donors (Lipinski definition) is 1. The minimum absolute atomic E-state index is 0.0327. The van der Waals surface area contributed by atoms with Crippen LogP contribution in [0.3, 0.4) is 0 Å². The number of likely N-dealkylation sites (N-methyl/N-ethyl adjacent to an activating group) is 1. The molecular weight excluding hydrogens is 315 g/mol. The number of halogens is 4. The molecule has 1 nitrogen and oxygen atoms in total. The van der Waals surface area contributed by atoms with E-state index in [1.54, 1.807) is 18.2 Å². The molecule has 0 saturated carbocycles. The zero-order valence-corrected chi connectivity index (χ0v) is 13.0. The van der Waals surface area contributed by atoms with Crippen molar-refractivity contribution in [2.75, 3.05) is 6.54 Å². The third kappa shape index (κ3) is 3.94. The molecule has 0 bridgehead atoms. The van der Waals surface area contributed by atoms with E-state index in [1.807, 2.05) is 6.92 Å². The van der Waals surface area contributed by atoms with Gasteiger partial charge in [0, 0.05) is 21.7 Å². The molecule has 1 N–H and O–H groups in total. The van der Waals surface area contributed by atoms with E-state index < -0.39 is 17.7 Å². The van der Waals surface area contributed by atoms with Gasteiger partial charge in [-0.1, -0.05) is 42.3 Å². The predicted molar refractivity (Wildman–Crippen MR) is 82.9 cm³/mol. The molecule has 2 aromatic carbocycles. The van der Waals surface area contributed by atoms with Gasteiger partial charge in [0.15, 0.2) is 0 Å². The number of benzene rings is 2. The fourth-order valence-electron chi connectivity index (χ4n) is 2.27. The molecule has 1 unspecified atom stereocenters. The topological polar surface area (TPSA) is 12.0 Å². The molecule has 112 valence electrons. The van der Waals surface area contributed by atoms with Crippen LogP contribution in [0, 0.1) is 11.6 Å². The molecule has 21 heavy (non-hydrogen) atoms. The first-order valence-electron chi connectivity index (χ1n) is 6.64. The summed E-state index contributed by atoms with van der Waals surface area (Å²) in [4.78, 5) is 0. The van der Waals surface area contributed by atoms with E-state index in [1.165, 1.54) is 18.2 Å². The molecule has 2 rings (SSSR count). The highest BCUT2D eigenvalue weighted by Gasteiger charge is 2.20. The van der Waals surface area contributed by atoms with Crippen molar-refractivity contribution in [3.8, 4) is 0 Å². The van der Waals surface area contributed by atoms with Crippen molar-refractivity contribution in [1.82, 2.24) is 5.32 Å². The van der Waals surface area contributed by atoms with Crippen LogP contribution in [-0.2, 0) is 6.42 Å². The molecule has 0 amide bonds. The maximum absolute atomic E-state index is 14.0. The van der Waals surface area contributed by atoms with Crippen LogP contribution in [0.5, 0.6) is 0 Å². The van der Waals surface area contributed by atoms with Crippen molar-refractivity contribution >= 4 is 23.2 Å². The van der Waals surface area contributed by atoms with E-state index in [0.29, 0.717) is 23.0 Å². The lowest BCUT2D eigenvalue weighted by Gasteiger charge is -2.20. The number of rotatable bonds is 5. The Bertz CT molecular complexity index is 611. The Labute approximate surface area is 132 Å². The van der Waals surface area contributed by atoms with E-state index in [-0.39, 0.29) is 5.56 Å². The molecule has 0 aromatic heterocycles. The van der Waals surface area contributed by atoms with Gasteiger partial charge in [0.05, 0.1) is 0 Å². The van der Waals surface area contributed by atoms with Gasteiger partial charge in [0.2, 0.25) is 0 Å². The SMILES string of the molecule is CCNC(Cc1ccc(Cl)cc1Cl)c1c(F)cccc1F. The highest BCUT2D eigenvalue weighted by atomic mass is 35.5. The van der Waals surface area contributed by atoms with Crippen LogP contribution in [0.4, 0.5) is 8.78 Å². The van der Waals surface area contributed by atoms with Gasteiger partial charge in [-0.15, -0.1) is 0 Å². The molecule has 1 atom stereocenters. The molecule has 0 spiro atoms. The van der Waals surface area contributed by atoms with Crippen molar-refractivity contribution in [3.05, 3.63) is 69.2 Å². The fraction of sp³-hybridized carbons (Fsp3) is 0.250. The molecule has 0 aliphatic carbocycles. The van der Waals surface area contributed by atoms with Crippen molar-refractivity contribution < 1.29 is 8.78 Å². The molecule has 0 aliphatic rings. The van der Waals surface area contributed by atoms with Gasteiger partial charge in [-0.2, -0.15) is 0 Å². The molecule has 0 saturated heterocycles. The Kier molecular flexibility index (Phi) is 5.57. The smallest absolute Gasteiger partial charge is 0.130 e. The summed E-state index contributed by atoms with van der Waals surface area (Å²) in [5, 5.41) is 4.12. The average Bonchev–Trinajstić information content (AvgIpc) is 2.41. The minimum Gasteiger partial charge on any atom is -0.310 e. The highest BCUT2D eigenvalue weighted by Crippen LogP contribution is 2.28. The van der Waals surface area contributed by atoms with E-state index in [2.05, 4.69) is 5.32 Å². The van der Waals surface area contributed by atoms with Crippen LogP contribution < -0.4 is 5.32 Å². The lowest BCUT2D eigenvalue weighted by molar-refractivity contribution is 0.473. The van der Waals surface area contributed by atoms with E-state index in [0.717, 1.165) is 5.56 Å². The Morgan fingerprint density at radius 1 is 1.10 bits per heavy atom. The molecular formula is C16H15Cl2F2N. The predicted octanol–water partition coefficient (Wildman–Crippen LogP) is 5.16. The Morgan fingerprint density at radius 2 is 1.76 bits per heavy atom. The second kappa shape index (κ2) is 7.21. The Morgan fingerprint density at radius 3 is 2.33 bits per heavy atom. The van der Waals surface area contributed by atoms with Crippen molar-refractivity contribution in [1.29, 1.82) is 0 Å². The lowest BCUT2D eigenvalue weighted by atomic mass is 9.97. The molecule has 0 aliphatic heterocycles. The standard InChI is InChI=1S/C16H15Cl2F2N/c1-2-21-15(16-13(19)4-3-5-14(16)20)8-10-6-7-11(17)9-12(10)18/h3-7,9,15,21H,2,8H2,1H3. The van der Waals surface area contributed by atoms with Crippen molar-refractivity contribution in [3.63, 3.8) is 0 Å². The van der Waals surface area contributed by atoms with Gasteiger partial charge in [-0.3, -0.25) is 0 Å². The van der Waals surface area contributed by atoms with Gasteiger partial charge in [0.25, 0.3) is 0 Å². The summed E-state index contributed by atoms with van der Waals surface area (Å²) in [6.07, 6.45) is 0.377. The minimum atomic E-state index is -0.564. The third-order valence-corrected chi connectivity index (χ3v) is 3.82. The molecule has 5 heteroatoms. The maximum Gasteiger partial charge on any atom is 0.130 e. The zero-order valence-electron chi connectivity index (χ0n) is 11.5. The van der Waals surface area contributed by atoms with Crippen LogP contribution in [0.15, 0.2) is 36.4 Å². The van der Waals surface area contributed by atoms with Crippen LogP contribution in [-0.4, -0.2) is 6.54 Å². The highest BCUT2D eigenvalue weighted by molar-refractivity contribution is 6.35. The van der Waals surface area contributed by atoms with Crippen molar-refractivity contribution in [2.24, 2.45) is 0 Å². The average molecular weight is 330 g/mol. The van der Waals surface area contributed by atoms with Crippen LogP contribution >= 0.6 is 23.2 Å². The molecule has 2 aromatic rings. The molecule has 0 heterocycles. The second-order valence-corrected chi connectivity index (χ2v) is 5.53. The molecule has 0 fully saturated rings. The second-order valence-electron chi connectivity index (χ2n) is 4.69. The van der Waals surface area contributed by atoms with E-state index >= 15 is 0 Å². The fourth-order valence-corrected chi connectivity index (χ4v) is 2.76. The van der Waals surface area contributed by atoms with Crippen molar-refractivity contribution in [2.45, 2.75) is 19.4 Å². The summed E-state index contributed by atoms with van der Waals surface area (Å²) in [6.45, 7) is 2.47. The summed E-state index contributed by atoms with van der Waals surface area (Å²) in [6, 6.07) is 8.48. The summed E-state index contributed by atoms with van der Waals surface area (Å²) >= 11 is 12.0. The van der Waals surface area contributed by atoms with Gasteiger partial charge in [-0.25, -0.2) is 8.78 Å². The van der Waals surface area contributed by atoms with Gasteiger partial charge in [0.1, 0.15) is 11.6 Å².